The molecule has 0 radical (unpaired) electrons. The Hall–Kier alpha value is -0.350. The zero-order chi connectivity index (χ0) is 12.6. The molecule has 1 aliphatic rings. The van der Waals surface area contributed by atoms with Gasteiger partial charge in [-0.3, -0.25) is 0 Å². The summed E-state index contributed by atoms with van der Waals surface area (Å²) in [6, 6.07) is 8.75. The minimum atomic E-state index is 0.305. The maximum atomic E-state index is 6.06. The zero-order valence-electron chi connectivity index (χ0n) is 10.3. The first kappa shape index (κ1) is 12.7. The molecule has 1 fully saturated rings. The van der Waals surface area contributed by atoms with Crippen molar-refractivity contribution in [2.75, 3.05) is 6.54 Å². The summed E-state index contributed by atoms with van der Waals surface area (Å²) in [5.41, 5.74) is 0.524. The fourth-order valence-electron chi connectivity index (χ4n) is 2.02. The minimum Gasteiger partial charge on any atom is -0.304 e. The van der Waals surface area contributed by atoms with E-state index in [0.717, 1.165) is 10.9 Å². The molecule has 1 atom stereocenters. The molecule has 0 saturated heterocycles. The van der Waals surface area contributed by atoms with Gasteiger partial charge in [-0.05, 0) is 41.8 Å². The van der Waals surface area contributed by atoms with Crippen LogP contribution in [0.15, 0.2) is 29.6 Å². The van der Waals surface area contributed by atoms with E-state index in [1.807, 2.05) is 17.4 Å². The second kappa shape index (κ2) is 4.97. The Morgan fingerprint density at radius 2 is 2.17 bits per heavy atom. The van der Waals surface area contributed by atoms with Crippen LogP contribution in [-0.2, 0) is 0 Å². The van der Waals surface area contributed by atoms with Gasteiger partial charge in [0.05, 0.1) is 10.4 Å². The molecule has 1 N–H and O–H groups in total. The third-order valence-corrected chi connectivity index (χ3v) is 5.78. The Kier molecular flexibility index (Phi) is 3.50. The lowest BCUT2D eigenvalue weighted by Gasteiger charge is -2.19. The van der Waals surface area contributed by atoms with E-state index in [2.05, 4.69) is 35.8 Å². The van der Waals surface area contributed by atoms with Gasteiger partial charge in [0, 0.05) is 16.3 Å². The Balaban J connectivity index is 1.79. The molecular weight excluding hydrogens is 282 g/mol. The molecule has 2 aromatic heterocycles. The molecular formula is C14H16ClNS2. The maximum Gasteiger partial charge on any atom is 0.0931 e. The standard InChI is InChI=1S/C14H16ClNS2/c1-14(6-7-14)9-16-13(10-3-2-8-17-10)11-4-5-12(15)18-11/h2-5,8,13,16H,6-7,9H2,1H3. The van der Waals surface area contributed by atoms with Gasteiger partial charge in [0.15, 0.2) is 0 Å². The van der Waals surface area contributed by atoms with Crippen LogP contribution in [0.3, 0.4) is 0 Å². The lowest BCUT2D eigenvalue weighted by molar-refractivity contribution is 0.475. The highest BCUT2D eigenvalue weighted by Crippen LogP contribution is 2.45. The SMILES string of the molecule is CC1(CNC(c2cccs2)c2ccc(Cl)s2)CC1. The molecule has 0 aromatic carbocycles. The van der Waals surface area contributed by atoms with Crippen LogP contribution in [0.1, 0.15) is 35.6 Å². The van der Waals surface area contributed by atoms with E-state index < -0.39 is 0 Å². The summed E-state index contributed by atoms with van der Waals surface area (Å²) >= 11 is 9.54. The zero-order valence-corrected chi connectivity index (χ0v) is 12.7. The van der Waals surface area contributed by atoms with E-state index in [1.54, 1.807) is 11.3 Å². The minimum absolute atomic E-state index is 0.305. The average molecular weight is 298 g/mol. The van der Waals surface area contributed by atoms with Crippen molar-refractivity contribution in [1.82, 2.24) is 5.32 Å². The summed E-state index contributed by atoms with van der Waals surface area (Å²) < 4.78 is 0.867. The summed E-state index contributed by atoms with van der Waals surface area (Å²) in [6.45, 7) is 3.44. The van der Waals surface area contributed by atoms with Crippen molar-refractivity contribution in [2.45, 2.75) is 25.8 Å². The highest BCUT2D eigenvalue weighted by molar-refractivity contribution is 7.16. The Morgan fingerprint density at radius 1 is 1.33 bits per heavy atom. The quantitative estimate of drug-likeness (QED) is 0.824. The number of nitrogens with one attached hydrogen (secondary N) is 1. The van der Waals surface area contributed by atoms with Crippen LogP contribution in [0.2, 0.25) is 4.34 Å². The van der Waals surface area contributed by atoms with E-state index in [9.17, 15) is 0 Å². The predicted octanol–water partition coefficient (Wildman–Crippen LogP) is 4.94. The number of halogens is 1. The van der Waals surface area contributed by atoms with Crippen molar-refractivity contribution < 1.29 is 0 Å². The molecule has 2 heterocycles. The second-order valence-electron chi connectivity index (χ2n) is 5.28. The van der Waals surface area contributed by atoms with Gasteiger partial charge in [0.25, 0.3) is 0 Å². The third kappa shape index (κ3) is 2.80. The largest absolute Gasteiger partial charge is 0.304 e. The topological polar surface area (TPSA) is 12.0 Å². The van der Waals surface area contributed by atoms with Crippen LogP contribution in [0.4, 0.5) is 0 Å². The van der Waals surface area contributed by atoms with Crippen LogP contribution in [-0.4, -0.2) is 6.54 Å². The molecule has 2 aromatic rings. The highest BCUT2D eigenvalue weighted by Gasteiger charge is 2.37. The van der Waals surface area contributed by atoms with Crippen LogP contribution in [0, 0.1) is 5.41 Å². The van der Waals surface area contributed by atoms with Crippen molar-refractivity contribution in [3.8, 4) is 0 Å². The Labute approximate surface area is 121 Å². The molecule has 1 nitrogen and oxygen atoms in total. The number of thiophene rings is 2. The molecule has 18 heavy (non-hydrogen) atoms. The van der Waals surface area contributed by atoms with E-state index in [4.69, 9.17) is 11.6 Å². The number of hydrogen-bond acceptors (Lipinski definition) is 3. The summed E-state index contributed by atoms with van der Waals surface area (Å²) in [6.07, 6.45) is 2.70. The monoisotopic (exact) mass is 297 g/mol. The van der Waals surface area contributed by atoms with Gasteiger partial charge in [0.2, 0.25) is 0 Å². The van der Waals surface area contributed by atoms with E-state index in [1.165, 1.54) is 22.6 Å². The van der Waals surface area contributed by atoms with Crippen molar-refractivity contribution in [3.63, 3.8) is 0 Å². The van der Waals surface area contributed by atoms with Crippen molar-refractivity contribution >= 4 is 34.3 Å². The fraction of sp³-hybridized carbons (Fsp3) is 0.429. The van der Waals surface area contributed by atoms with Crippen LogP contribution < -0.4 is 5.32 Å². The first-order valence-corrected chi connectivity index (χ1v) is 8.26. The molecule has 1 aliphatic carbocycles. The van der Waals surface area contributed by atoms with Gasteiger partial charge < -0.3 is 5.32 Å². The van der Waals surface area contributed by atoms with Crippen LogP contribution >= 0.6 is 34.3 Å². The van der Waals surface area contributed by atoms with Gasteiger partial charge in [-0.2, -0.15) is 0 Å². The first-order chi connectivity index (χ1) is 8.66. The van der Waals surface area contributed by atoms with Crippen LogP contribution in [0.25, 0.3) is 0 Å². The number of rotatable bonds is 5. The van der Waals surface area contributed by atoms with Gasteiger partial charge in [0.1, 0.15) is 0 Å². The van der Waals surface area contributed by atoms with Crippen molar-refractivity contribution in [2.24, 2.45) is 5.41 Å². The van der Waals surface area contributed by atoms with Crippen molar-refractivity contribution in [3.05, 3.63) is 43.7 Å². The van der Waals surface area contributed by atoms with Crippen LogP contribution in [0.5, 0.6) is 0 Å². The molecule has 4 heteroatoms. The molecule has 0 spiro atoms. The Bertz CT molecular complexity index is 514. The lowest BCUT2D eigenvalue weighted by Crippen LogP contribution is -2.26. The molecule has 3 rings (SSSR count). The highest BCUT2D eigenvalue weighted by atomic mass is 35.5. The number of hydrogen-bond donors (Lipinski definition) is 1. The van der Waals surface area contributed by atoms with E-state index in [0.29, 0.717) is 11.5 Å². The van der Waals surface area contributed by atoms with Gasteiger partial charge in [-0.25, -0.2) is 0 Å². The third-order valence-electron chi connectivity index (χ3n) is 3.54. The lowest BCUT2D eigenvalue weighted by atomic mass is 10.1. The summed E-state index contributed by atoms with van der Waals surface area (Å²) in [5, 5.41) is 5.85. The molecule has 0 aliphatic heterocycles. The smallest absolute Gasteiger partial charge is 0.0931 e. The Morgan fingerprint density at radius 3 is 2.72 bits per heavy atom. The summed E-state index contributed by atoms with van der Waals surface area (Å²) in [4.78, 5) is 2.68. The first-order valence-electron chi connectivity index (χ1n) is 6.18. The molecule has 1 unspecified atom stereocenters. The molecule has 0 bridgehead atoms. The molecule has 96 valence electrons. The summed E-state index contributed by atoms with van der Waals surface area (Å²) in [5.74, 6) is 0. The summed E-state index contributed by atoms with van der Waals surface area (Å²) in [7, 11) is 0. The van der Waals surface area contributed by atoms with E-state index in [-0.39, 0.29) is 0 Å². The van der Waals surface area contributed by atoms with Crippen molar-refractivity contribution in [1.29, 1.82) is 0 Å². The predicted molar refractivity (Wildman–Crippen MR) is 80.8 cm³/mol. The maximum absolute atomic E-state index is 6.06. The van der Waals surface area contributed by atoms with Gasteiger partial charge in [-0.15, -0.1) is 22.7 Å². The molecule has 1 saturated carbocycles. The fourth-order valence-corrected chi connectivity index (χ4v) is 4.07. The second-order valence-corrected chi connectivity index (χ2v) is 8.01. The average Bonchev–Trinajstić information content (AvgIpc) is 2.80. The molecule has 0 amide bonds. The normalized spacial score (nSPS) is 18.8. The van der Waals surface area contributed by atoms with E-state index >= 15 is 0 Å². The van der Waals surface area contributed by atoms with Gasteiger partial charge in [-0.1, -0.05) is 24.6 Å². The van der Waals surface area contributed by atoms with Gasteiger partial charge >= 0.3 is 0 Å².